The van der Waals surface area contributed by atoms with Crippen LogP contribution in [0.5, 0.6) is 0 Å². The Balaban J connectivity index is 1.61. The van der Waals surface area contributed by atoms with Crippen molar-refractivity contribution in [1.82, 2.24) is 5.32 Å². The Bertz CT molecular complexity index is 1270. The first-order valence-corrected chi connectivity index (χ1v) is 10.8. The van der Waals surface area contributed by atoms with E-state index in [-0.39, 0.29) is 28.4 Å². The van der Waals surface area contributed by atoms with Crippen LogP contribution < -0.4 is 9.62 Å². The van der Waals surface area contributed by atoms with Gasteiger partial charge in [-0.2, -0.15) is 0 Å². The highest BCUT2D eigenvalue weighted by Gasteiger charge is 2.32. The lowest BCUT2D eigenvalue weighted by Crippen LogP contribution is -2.32. The second kappa shape index (κ2) is 8.84. The zero-order valence-corrected chi connectivity index (χ0v) is 17.8. The van der Waals surface area contributed by atoms with Crippen molar-refractivity contribution in [3.63, 3.8) is 0 Å². The van der Waals surface area contributed by atoms with Crippen molar-refractivity contribution in [2.45, 2.75) is 6.54 Å². The molecule has 0 aromatic heterocycles. The van der Waals surface area contributed by atoms with E-state index in [1.54, 1.807) is 37.4 Å². The lowest BCUT2D eigenvalue weighted by Gasteiger charge is -2.27. The zero-order valence-electron chi connectivity index (χ0n) is 17.0. The van der Waals surface area contributed by atoms with Crippen LogP contribution in [0.4, 0.5) is 14.5 Å². The Labute approximate surface area is 186 Å². The summed E-state index contributed by atoms with van der Waals surface area (Å²) in [5, 5.41) is 2.73. The first-order chi connectivity index (χ1) is 15.3. The van der Waals surface area contributed by atoms with Gasteiger partial charge in [0.1, 0.15) is 16.5 Å². The van der Waals surface area contributed by atoms with Gasteiger partial charge >= 0.3 is 0 Å². The molecule has 0 fully saturated rings. The number of amides is 1. The van der Waals surface area contributed by atoms with Crippen LogP contribution in [0, 0.1) is 11.6 Å². The van der Waals surface area contributed by atoms with Crippen molar-refractivity contribution in [3.8, 4) is 0 Å². The topological polar surface area (TPSA) is 66.5 Å². The van der Waals surface area contributed by atoms with E-state index in [4.69, 9.17) is 0 Å². The van der Waals surface area contributed by atoms with E-state index in [9.17, 15) is 22.6 Å². The number of rotatable bonds is 4. The van der Waals surface area contributed by atoms with E-state index in [1.807, 2.05) is 0 Å². The maximum Gasteiger partial charge on any atom is 0.251 e. The van der Waals surface area contributed by atoms with Crippen LogP contribution in [0.25, 0.3) is 6.08 Å². The van der Waals surface area contributed by atoms with Crippen LogP contribution in [0.2, 0.25) is 0 Å². The van der Waals surface area contributed by atoms with Gasteiger partial charge in [0.25, 0.3) is 5.91 Å². The molecule has 0 radical (unpaired) electrons. The SMILES string of the molecule is CN1c2ccc(C(=O)NCc3ccc(F)cc3)cc2C(=O)/C(=C\c2cccc(F)c2)S1=O. The van der Waals surface area contributed by atoms with Gasteiger partial charge in [0.2, 0.25) is 5.78 Å². The summed E-state index contributed by atoms with van der Waals surface area (Å²) in [5.74, 6) is -1.73. The molecule has 3 aromatic rings. The summed E-state index contributed by atoms with van der Waals surface area (Å²) < 4.78 is 40.8. The van der Waals surface area contributed by atoms with Crippen molar-refractivity contribution >= 4 is 34.4 Å². The van der Waals surface area contributed by atoms with Crippen LogP contribution in [0.3, 0.4) is 0 Å². The van der Waals surface area contributed by atoms with Gasteiger partial charge in [-0.15, -0.1) is 0 Å². The van der Waals surface area contributed by atoms with Gasteiger partial charge in [-0.05, 0) is 59.7 Å². The van der Waals surface area contributed by atoms with Crippen molar-refractivity contribution in [2.24, 2.45) is 0 Å². The van der Waals surface area contributed by atoms with E-state index in [0.717, 1.165) is 5.56 Å². The van der Waals surface area contributed by atoms with Crippen LogP contribution in [0.1, 0.15) is 31.8 Å². The summed E-state index contributed by atoms with van der Waals surface area (Å²) in [4.78, 5) is 25.7. The average Bonchev–Trinajstić information content (AvgIpc) is 2.79. The predicted octanol–water partition coefficient (Wildman–Crippen LogP) is 4.23. The van der Waals surface area contributed by atoms with E-state index >= 15 is 0 Å². The lowest BCUT2D eigenvalue weighted by atomic mass is 10.0. The predicted molar refractivity (Wildman–Crippen MR) is 119 cm³/mol. The molecular formula is C24H18F2N2O3S. The molecule has 5 nitrogen and oxygen atoms in total. The molecule has 3 aromatic carbocycles. The molecule has 1 heterocycles. The minimum Gasteiger partial charge on any atom is -0.348 e. The summed E-state index contributed by atoms with van der Waals surface area (Å²) >= 11 is 0. The van der Waals surface area contributed by atoms with Gasteiger partial charge < -0.3 is 5.32 Å². The number of hydrogen-bond donors (Lipinski definition) is 1. The average molecular weight is 452 g/mol. The quantitative estimate of drug-likeness (QED) is 0.603. The van der Waals surface area contributed by atoms with E-state index in [1.165, 1.54) is 46.8 Å². The number of halogens is 2. The van der Waals surface area contributed by atoms with Gasteiger partial charge in [-0.25, -0.2) is 13.0 Å². The third-order valence-electron chi connectivity index (χ3n) is 5.02. The number of hydrogen-bond acceptors (Lipinski definition) is 3. The van der Waals surface area contributed by atoms with Gasteiger partial charge in [0, 0.05) is 24.7 Å². The monoisotopic (exact) mass is 452 g/mol. The molecule has 1 unspecified atom stereocenters. The van der Waals surface area contributed by atoms with Gasteiger partial charge in [0.05, 0.1) is 5.69 Å². The van der Waals surface area contributed by atoms with Crippen molar-refractivity contribution in [2.75, 3.05) is 11.4 Å². The molecule has 32 heavy (non-hydrogen) atoms. The highest BCUT2D eigenvalue weighted by Crippen LogP contribution is 2.33. The van der Waals surface area contributed by atoms with Crippen molar-refractivity contribution < 1.29 is 22.6 Å². The summed E-state index contributed by atoms with van der Waals surface area (Å²) in [5.41, 5.74) is 2.05. The summed E-state index contributed by atoms with van der Waals surface area (Å²) in [6.07, 6.45) is 1.39. The Hall–Kier alpha value is -3.65. The highest BCUT2D eigenvalue weighted by molar-refractivity contribution is 7.91. The molecule has 1 aliphatic heterocycles. The number of benzene rings is 3. The van der Waals surface area contributed by atoms with Crippen LogP contribution in [-0.4, -0.2) is 22.9 Å². The maximum absolute atomic E-state index is 13.5. The first-order valence-electron chi connectivity index (χ1n) is 9.68. The molecule has 162 valence electrons. The third kappa shape index (κ3) is 4.36. The molecule has 1 atom stereocenters. The van der Waals surface area contributed by atoms with E-state index in [0.29, 0.717) is 11.3 Å². The minimum absolute atomic E-state index is 0.00512. The molecule has 1 N–H and O–H groups in total. The molecule has 0 saturated heterocycles. The number of anilines is 1. The zero-order chi connectivity index (χ0) is 22.8. The van der Waals surface area contributed by atoms with Gasteiger partial charge in [0.15, 0.2) is 11.0 Å². The number of ketones is 1. The molecule has 1 aliphatic rings. The Morgan fingerprint density at radius 2 is 1.78 bits per heavy atom. The number of allylic oxidation sites excluding steroid dienone is 1. The maximum atomic E-state index is 13.5. The van der Waals surface area contributed by atoms with Crippen molar-refractivity contribution in [1.29, 1.82) is 0 Å². The first kappa shape index (κ1) is 21.6. The van der Waals surface area contributed by atoms with Gasteiger partial charge in [-0.3, -0.25) is 13.9 Å². The second-order valence-electron chi connectivity index (χ2n) is 7.18. The Morgan fingerprint density at radius 1 is 1.03 bits per heavy atom. The van der Waals surface area contributed by atoms with Crippen LogP contribution in [0.15, 0.2) is 71.6 Å². The molecule has 0 aliphatic carbocycles. The molecule has 8 heteroatoms. The summed E-state index contributed by atoms with van der Waals surface area (Å²) in [6, 6.07) is 15.9. The van der Waals surface area contributed by atoms with Crippen LogP contribution in [-0.2, 0) is 17.5 Å². The Kier molecular flexibility index (Phi) is 5.96. The molecular weight excluding hydrogens is 434 g/mol. The molecule has 0 bridgehead atoms. The third-order valence-corrected chi connectivity index (χ3v) is 6.39. The lowest BCUT2D eigenvalue weighted by molar-refractivity contribution is 0.0951. The number of nitrogens with one attached hydrogen (secondary N) is 1. The summed E-state index contributed by atoms with van der Waals surface area (Å²) in [6.45, 7) is 0.193. The van der Waals surface area contributed by atoms with Gasteiger partial charge in [-0.1, -0.05) is 24.3 Å². The summed E-state index contributed by atoms with van der Waals surface area (Å²) in [7, 11) is -0.199. The number of fused-ring (bicyclic) bond motifs is 1. The number of nitrogens with zero attached hydrogens (tertiary/aromatic N) is 1. The number of carbonyl (C=O) groups is 2. The minimum atomic E-state index is -1.78. The van der Waals surface area contributed by atoms with Crippen molar-refractivity contribution in [3.05, 3.63) is 106 Å². The highest BCUT2D eigenvalue weighted by atomic mass is 32.2. The second-order valence-corrected chi connectivity index (χ2v) is 8.67. The standard InChI is InChI=1S/C24H18F2N2O3S/c1-28-21-10-7-17(24(30)27-14-15-5-8-18(25)9-6-15)13-20(21)23(29)22(32(28)31)12-16-3-2-4-19(26)11-16/h2-13H,14H2,1H3,(H,27,30)/b22-12+. The molecule has 4 rings (SSSR count). The van der Waals surface area contributed by atoms with Crippen LogP contribution >= 0.6 is 0 Å². The fourth-order valence-corrected chi connectivity index (χ4v) is 4.47. The smallest absolute Gasteiger partial charge is 0.251 e. The molecule has 0 spiro atoms. The molecule has 0 saturated carbocycles. The fraction of sp³-hybridized carbons (Fsp3) is 0.0833. The van der Waals surface area contributed by atoms with E-state index < -0.39 is 28.5 Å². The Morgan fingerprint density at radius 3 is 2.50 bits per heavy atom. The molecule has 1 amide bonds. The number of carbonyl (C=O) groups excluding carboxylic acids is 2. The number of Topliss-reactive ketones (excluding diaryl/α,β-unsaturated/α-hetero) is 1. The normalized spacial score (nSPS) is 16.7. The largest absolute Gasteiger partial charge is 0.348 e. The fourth-order valence-electron chi connectivity index (χ4n) is 3.33. The van der Waals surface area contributed by atoms with E-state index in [2.05, 4.69) is 5.32 Å².